The molecule has 0 aromatic carbocycles. The van der Waals surface area contributed by atoms with Crippen LogP contribution in [0.4, 0.5) is 10.7 Å². The second kappa shape index (κ2) is 5.51. The molecule has 0 bridgehead atoms. The van der Waals surface area contributed by atoms with E-state index in [0.717, 1.165) is 17.1 Å². The average Bonchev–Trinajstić information content (AvgIpc) is 3.02. The maximum atomic E-state index is 12.1. The Balaban J connectivity index is 1.71. The van der Waals surface area contributed by atoms with Crippen LogP contribution in [0.25, 0.3) is 5.65 Å². The van der Waals surface area contributed by atoms with Crippen LogP contribution in [0.15, 0.2) is 34.9 Å². The van der Waals surface area contributed by atoms with E-state index in [9.17, 15) is 4.79 Å². The number of nitrogens with zero attached hydrogens (tertiary/aromatic N) is 3. The molecule has 3 aromatic heterocycles. The molecule has 0 aliphatic heterocycles. The summed E-state index contributed by atoms with van der Waals surface area (Å²) in [5.74, 6) is 2.00. The largest absolute Gasteiger partial charge is 0.466 e. The van der Waals surface area contributed by atoms with Crippen molar-refractivity contribution in [3.8, 4) is 0 Å². The van der Waals surface area contributed by atoms with Crippen molar-refractivity contribution in [1.82, 2.24) is 19.9 Å². The summed E-state index contributed by atoms with van der Waals surface area (Å²) in [4.78, 5) is 12.1. The van der Waals surface area contributed by atoms with Gasteiger partial charge in [-0.2, -0.15) is 0 Å². The number of rotatable bonds is 3. The fraction of sp³-hybridized carbons (Fsp3) is 0.267. The Morgan fingerprint density at radius 2 is 2.14 bits per heavy atom. The lowest BCUT2D eigenvalue weighted by molar-refractivity contribution is 0.249. The second-order valence-electron chi connectivity index (χ2n) is 5.14. The summed E-state index contributed by atoms with van der Waals surface area (Å²) in [6.07, 6.45) is 1.79. The van der Waals surface area contributed by atoms with Gasteiger partial charge in [-0.25, -0.2) is 4.79 Å². The van der Waals surface area contributed by atoms with Gasteiger partial charge in [0.2, 0.25) is 5.95 Å². The quantitative estimate of drug-likeness (QED) is 0.779. The summed E-state index contributed by atoms with van der Waals surface area (Å²) in [6, 6.07) is 6.93. The Hall–Kier alpha value is -2.83. The van der Waals surface area contributed by atoms with Crippen LogP contribution in [0, 0.1) is 13.8 Å². The van der Waals surface area contributed by atoms with E-state index in [1.165, 1.54) is 0 Å². The average molecular weight is 299 g/mol. The molecule has 0 aliphatic carbocycles. The van der Waals surface area contributed by atoms with E-state index in [2.05, 4.69) is 20.8 Å². The predicted octanol–water partition coefficient (Wildman–Crippen LogP) is 2.82. The Morgan fingerprint density at radius 1 is 1.32 bits per heavy atom. The number of nitrogens with one attached hydrogen (secondary N) is 2. The fourth-order valence-corrected chi connectivity index (χ4v) is 2.42. The van der Waals surface area contributed by atoms with Crippen LogP contribution < -0.4 is 10.6 Å². The highest BCUT2D eigenvalue weighted by molar-refractivity contribution is 5.88. The summed E-state index contributed by atoms with van der Waals surface area (Å²) >= 11 is 0. The number of urea groups is 1. The molecule has 2 amide bonds. The number of carbonyl (C=O) groups excluding carboxylic acids is 1. The van der Waals surface area contributed by atoms with Gasteiger partial charge < -0.3 is 9.73 Å². The van der Waals surface area contributed by atoms with Crippen LogP contribution in [-0.2, 0) is 0 Å². The molecule has 2 N–H and O–H groups in total. The number of carbonyl (C=O) groups is 1. The predicted molar refractivity (Wildman–Crippen MR) is 81.7 cm³/mol. The summed E-state index contributed by atoms with van der Waals surface area (Å²) < 4.78 is 7.19. The standard InChI is InChI=1S/C15H17N5O2/c1-9-8-12(11(3)22-9)10(2)16-15(21)17-14-19-18-13-6-4-5-7-20(13)14/h4-8,10H,1-3H3,(H2,16,17,19,21)/t10-/m0/s1. The third-order valence-electron chi connectivity index (χ3n) is 3.43. The van der Waals surface area contributed by atoms with Gasteiger partial charge in [0.1, 0.15) is 11.5 Å². The smallest absolute Gasteiger partial charge is 0.322 e. The monoisotopic (exact) mass is 299 g/mol. The zero-order chi connectivity index (χ0) is 15.7. The van der Waals surface area contributed by atoms with E-state index in [4.69, 9.17) is 4.42 Å². The van der Waals surface area contributed by atoms with Crippen molar-refractivity contribution < 1.29 is 9.21 Å². The van der Waals surface area contributed by atoms with Gasteiger partial charge >= 0.3 is 6.03 Å². The Bertz CT molecular complexity index is 820. The number of fused-ring (bicyclic) bond motifs is 1. The van der Waals surface area contributed by atoms with Crippen molar-refractivity contribution in [2.24, 2.45) is 0 Å². The number of pyridine rings is 1. The van der Waals surface area contributed by atoms with Crippen molar-refractivity contribution in [1.29, 1.82) is 0 Å². The van der Waals surface area contributed by atoms with E-state index in [1.807, 2.05) is 45.0 Å². The van der Waals surface area contributed by atoms with E-state index >= 15 is 0 Å². The van der Waals surface area contributed by atoms with E-state index < -0.39 is 0 Å². The molecule has 0 saturated carbocycles. The third kappa shape index (κ3) is 2.65. The van der Waals surface area contributed by atoms with Crippen molar-refractivity contribution in [2.75, 3.05) is 5.32 Å². The number of aryl methyl sites for hydroxylation is 2. The van der Waals surface area contributed by atoms with Crippen molar-refractivity contribution in [2.45, 2.75) is 26.8 Å². The highest BCUT2D eigenvalue weighted by atomic mass is 16.3. The molecule has 3 heterocycles. The molecule has 0 spiro atoms. The Morgan fingerprint density at radius 3 is 2.86 bits per heavy atom. The molecule has 0 fully saturated rings. The molecule has 1 atom stereocenters. The first-order valence-electron chi connectivity index (χ1n) is 6.99. The molecule has 3 aromatic rings. The maximum absolute atomic E-state index is 12.1. The molecular weight excluding hydrogens is 282 g/mol. The molecule has 3 rings (SSSR count). The maximum Gasteiger partial charge on any atom is 0.322 e. The summed E-state index contributed by atoms with van der Waals surface area (Å²) in [6.45, 7) is 5.66. The number of hydrogen-bond acceptors (Lipinski definition) is 4. The van der Waals surface area contributed by atoms with Crippen LogP contribution in [0.1, 0.15) is 30.0 Å². The Kier molecular flexibility index (Phi) is 3.54. The van der Waals surface area contributed by atoms with Crippen molar-refractivity contribution >= 4 is 17.6 Å². The number of aromatic nitrogens is 3. The minimum Gasteiger partial charge on any atom is -0.466 e. The van der Waals surface area contributed by atoms with Gasteiger partial charge in [-0.1, -0.05) is 6.07 Å². The van der Waals surface area contributed by atoms with Crippen LogP contribution in [-0.4, -0.2) is 20.6 Å². The second-order valence-corrected chi connectivity index (χ2v) is 5.14. The van der Waals surface area contributed by atoms with Crippen LogP contribution in [0.2, 0.25) is 0 Å². The SMILES string of the molecule is Cc1cc([C@H](C)NC(=O)Nc2nnc3ccccn23)c(C)o1. The highest BCUT2D eigenvalue weighted by Crippen LogP contribution is 2.21. The first-order chi connectivity index (χ1) is 10.5. The number of anilines is 1. The molecule has 7 nitrogen and oxygen atoms in total. The van der Waals surface area contributed by atoms with E-state index in [0.29, 0.717) is 11.6 Å². The van der Waals surface area contributed by atoms with Crippen molar-refractivity contribution in [3.63, 3.8) is 0 Å². The number of amides is 2. The van der Waals surface area contributed by atoms with Crippen LogP contribution >= 0.6 is 0 Å². The van der Waals surface area contributed by atoms with Gasteiger partial charge in [0.05, 0.1) is 6.04 Å². The van der Waals surface area contributed by atoms with Gasteiger partial charge in [0.25, 0.3) is 0 Å². The fourth-order valence-electron chi connectivity index (χ4n) is 2.42. The first-order valence-corrected chi connectivity index (χ1v) is 6.99. The summed E-state index contributed by atoms with van der Waals surface area (Å²) in [5.41, 5.74) is 1.63. The number of hydrogen-bond donors (Lipinski definition) is 2. The zero-order valence-electron chi connectivity index (χ0n) is 12.6. The third-order valence-corrected chi connectivity index (χ3v) is 3.43. The van der Waals surface area contributed by atoms with Gasteiger partial charge in [-0.15, -0.1) is 10.2 Å². The molecule has 0 unspecified atom stereocenters. The molecule has 114 valence electrons. The van der Waals surface area contributed by atoms with Gasteiger partial charge in [0.15, 0.2) is 5.65 Å². The molecular formula is C15H17N5O2. The lowest BCUT2D eigenvalue weighted by Crippen LogP contribution is -2.31. The van der Waals surface area contributed by atoms with Gasteiger partial charge in [0, 0.05) is 11.8 Å². The minimum atomic E-state index is -0.344. The van der Waals surface area contributed by atoms with Crippen molar-refractivity contribution in [3.05, 3.63) is 47.5 Å². The first kappa shape index (κ1) is 14.1. The lowest BCUT2D eigenvalue weighted by atomic mass is 10.1. The topological polar surface area (TPSA) is 84.5 Å². The van der Waals surface area contributed by atoms with E-state index in [1.54, 1.807) is 10.6 Å². The molecule has 0 radical (unpaired) electrons. The Labute approximate surface area is 127 Å². The normalized spacial score (nSPS) is 12.3. The molecule has 0 saturated heterocycles. The zero-order valence-corrected chi connectivity index (χ0v) is 12.6. The summed E-state index contributed by atoms with van der Waals surface area (Å²) in [5, 5.41) is 13.5. The van der Waals surface area contributed by atoms with Gasteiger partial charge in [-0.05, 0) is 39.0 Å². The van der Waals surface area contributed by atoms with Gasteiger partial charge in [-0.3, -0.25) is 9.72 Å². The molecule has 0 aliphatic rings. The number of furan rings is 1. The van der Waals surface area contributed by atoms with E-state index in [-0.39, 0.29) is 12.1 Å². The minimum absolute atomic E-state index is 0.170. The van der Waals surface area contributed by atoms with Crippen LogP contribution in [0.3, 0.4) is 0 Å². The lowest BCUT2D eigenvalue weighted by Gasteiger charge is -2.13. The highest BCUT2D eigenvalue weighted by Gasteiger charge is 2.16. The van der Waals surface area contributed by atoms with Crippen LogP contribution in [0.5, 0.6) is 0 Å². The molecule has 22 heavy (non-hydrogen) atoms. The molecule has 7 heteroatoms. The summed E-state index contributed by atoms with van der Waals surface area (Å²) in [7, 11) is 0.